The highest BCUT2D eigenvalue weighted by Crippen LogP contribution is 2.23. The molecule has 0 heterocycles. The molecule has 0 atom stereocenters. The molecule has 0 aliphatic heterocycles. The van der Waals surface area contributed by atoms with Crippen molar-refractivity contribution < 1.29 is 4.79 Å². The van der Waals surface area contributed by atoms with Crippen molar-refractivity contribution >= 4 is 27.4 Å². The zero-order valence-electron chi connectivity index (χ0n) is 10.3. The predicted molar refractivity (Wildman–Crippen MR) is 77.9 cm³/mol. The topological polar surface area (TPSA) is 43.1 Å². The summed E-state index contributed by atoms with van der Waals surface area (Å²) >= 11 is 3.34. The van der Waals surface area contributed by atoms with E-state index in [4.69, 9.17) is 5.73 Å². The molecule has 0 spiro atoms. The van der Waals surface area contributed by atoms with Gasteiger partial charge in [0.15, 0.2) is 5.78 Å². The lowest BCUT2D eigenvalue weighted by Gasteiger charge is -2.07. The van der Waals surface area contributed by atoms with Crippen LogP contribution in [0.2, 0.25) is 0 Å². The molecule has 2 N–H and O–H groups in total. The van der Waals surface area contributed by atoms with Crippen molar-refractivity contribution in [1.82, 2.24) is 0 Å². The average molecular weight is 304 g/mol. The van der Waals surface area contributed by atoms with Gasteiger partial charge in [0, 0.05) is 21.3 Å². The summed E-state index contributed by atoms with van der Waals surface area (Å²) in [5.41, 5.74) is 9.81. The minimum absolute atomic E-state index is 0.0249. The summed E-state index contributed by atoms with van der Waals surface area (Å²) in [6.45, 7) is 3.92. The van der Waals surface area contributed by atoms with Gasteiger partial charge in [-0.3, -0.25) is 4.79 Å². The van der Waals surface area contributed by atoms with Gasteiger partial charge in [0.05, 0.1) is 0 Å². The number of nitrogens with two attached hydrogens (primary N) is 1. The van der Waals surface area contributed by atoms with E-state index in [0.29, 0.717) is 11.3 Å². The Morgan fingerprint density at radius 2 is 1.83 bits per heavy atom. The highest BCUT2D eigenvalue weighted by atomic mass is 79.9. The van der Waals surface area contributed by atoms with Crippen LogP contribution >= 0.6 is 15.9 Å². The molecule has 0 bridgehead atoms. The fourth-order valence-corrected chi connectivity index (χ4v) is 2.18. The Balaban J connectivity index is 2.47. The van der Waals surface area contributed by atoms with Crippen LogP contribution in [0.4, 0.5) is 5.69 Å². The van der Waals surface area contributed by atoms with Crippen molar-refractivity contribution in [3.63, 3.8) is 0 Å². The third kappa shape index (κ3) is 2.46. The maximum absolute atomic E-state index is 12.4. The Kier molecular flexibility index (Phi) is 3.53. The average Bonchev–Trinajstić information content (AvgIpc) is 2.35. The van der Waals surface area contributed by atoms with Gasteiger partial charge in [-0.1, -0.05) is 17.7 Å². The summed E-state index contributed by atoms with van der Waals surface area (Å²) in [5, 5.41) is 0. The van der Waals surface area contributed by atoms with Crippen molar-refractivity contribution in [1.29, 1.82) is 0 Å². The van der Waals surface area contributed by atoms with Gasteiger partial charge in [-0.05, 0) is 59.6 Å². The highest BCUT2D eigenvalue weighted by molar-refractivity contribution is 9.10. The smallest absolute Gasteiger partial charge is 0.193 e. The van der Waals surface area contributed by atoms with Crippen LogP contribution in [0.1, 0.15) is 27.0 Å². The van der Waals surface area contributed by atoms with E-state index in [0.717, 1.165) is 21.2 Å². The maximum atomic E-state index is 12.4. The molecule has 0 radical (unpaired) electrons. The van der Waals surface area contributed by atoms with Crippen LogP contribution in [0, 0.1) is 13.8 Å². The first-order chi connectivity index (χ1) is 8.49. The normalized spacial score (nSPS) is 10.4. The standard InChI is InChI=1S/C15H14BrNO/c1-9-3-4-10(2)12(7-9)15(18)11-5-6-14(17)13(16)8-11/h3-8H,17H2,1-2H3. The molecule has 2 nitrogen and oxygen atoms in total. The number of benzene rings is 2. The molecule has 2 rings (SSSR count). The lowest BCUT2D eigenvalue weighted by Crippen LogP contribution is -2.04. The number of carbonyl (C=O) groups excluding carboxylic acids is 1. The molecule has 92 valence electrons. The fraction of sp³-hybridized carbons (Fsp3) is 0.133. The van der Waals surface area contributed by atoms with Crippen molar-refractivity contribution in [2.45, 2.75) is 13.8 Å². The third-order valence-electron chi connectivity index (χ3n) is 2.90. The molecule has 0 aliphatic rings. The molecule has 0 fully saturated rings. The van der Waals surface area contributed by atoms with Gasteiger partial charge in [0.2, 0.25) is 0 Å². The van der Waals surface area contributed by atoms with Crippen LogP contribution in [0.5, 0.6) is 0 Å². The van der Waals surface area contributed by atoms with Crippen LogP contribution < -0.4 is 5.73 Å². The molecule has 0 amide bonds. The van der Waals surface area contributed by atoms with E-state index >= 15 is 0 Å². The molecular weight excluding hydrogens is 290 g/mol. The summed E-state index contributed by atoms with van der Waals surface area (Å²) in [6, 6.07) is 11.1. The second-order valence-electron chi connectivity index (χ2n) is 4.38. The number of ketones is 1. The molecule has 2 aromatic rings. The number of hydrogen-bond donors (Lipinski definition) is 1. The van der Waals surface area contributed by atoms with Crippen LogP contribution in [0.3, 0.4) is 0 Å². The van der Waals surface area contributed by atoms with E-state index in [9.17, 15) is 4.79 Å². The van der Waals surface area contributed by atoms with E-state index in [1.165, 1.54) is 0 Å². The number of carbonyl (C=O) groups is 1. The monoisotopic (exact) mass is 303 g/mol. The lowest BCUT2D eigenvalue weighted by molar-refractivity contribution is 0.103. The van der Waals surface area contributed by atoms with E-state index in [-0.39, 0.29) is 5.78 Å². The Morgan fingerprint density at radius 3 is 2.50 bits per heavy atom. The molecule has 0 aromatic heterocycles. The van der Waals surface area contributed by atoms with E-state index < -0.39 is 0 Å². The molecular formula is C15H14BrNO. The summed E-state index contributed by atoms with van der Waals surface area (Å²) in [7, 11) is 0. The largest absolute Gasteiger partial charge is 0.398 e. The number of nitrogen functional groups attached to an aromatic ring is 1. The molecule has 2 aromatic carbocycles. The first kappa shape index (κ1) is 12.8. The van der Waals surface area contributed by atoms with Gasteiger partial charge in [-0.25, -0.2) is 0 Å². The Hall–Kier alpha value is -1.61. The summed E-state index contributed by atoms with van der Waals surface area (Å²) in [5.74, 6) is 0.0249. The summed E-state index contributed by atoms with van der Waals surface area (Å²) in [4.78, 5) is 12.4. The van der Waals surface area contributed by atoms with E-state index in [1.54, 1.807) is 18.2 Å². The number of anilines is 1. The van der Waals surface area contributed by atoms with E-state index in [1.807, 2.05) is 32.0 Å². The Labute approximate surface area is 115 Å². The molecule has 0 aliphatic carbocycles. The SMILES string of the molecule is Cc1ccc(C)c(C(=O)c2ccc(N)c(Br)c2)c1. The quantitative estimate of drug-likeness (QED) is 0.676. The number of hydrogen-bond acceptors (Lipinski definition) is 2. The second-order valence-corrected chi connectivity index (χ2v) is 5.24. The first-order valence-corrected chi connectivity index (χ1v) is 6.45. The Bertz CT molecular complexity index is 620. The van der Waals surface area contributed by atoms with Crippen molar-refractivity contribution in [2.75, 3.05) is 5.73 Å². The zero-order chi connectivity index (χ0) is 13.3. The van der Waals surface area contributed by atoms with Gasteiger partial charge in [-0.15, -0.1) is 0 Å². The summed E-state index contributed by atoms with van der Waals surface area (Å²) in [6.07, 6.45) is 0. The lowest BCUT2D eigenvalue weighted by atomic mass is 9.97. The second kappa shape index (κ2) is 4.94. The van der Waals surface area contributed by atoms with Crippen molar-refractivity contribution in [3.05, 3.63) is 63.1 Å². The minimum Gasteiger partial charge on any atom is -0.398 e. The number of rotatable bonds is 2. The van der Waals surface area contributed by atoms with Crippen LogP contribution in [-0.4, -0.2) is 5.78 Å². The van der Waals surface area contributed by atoms with Crippen molar-refractivity contribution in [3.8, 4) is 0 Å². The first-order valence-electron chi connectivity index (χ1n) is 5.66. The van der Waals surface area contributed by atoms with Crippen LogP contribution in [0.15, 0.2) is 40.9 Å². The maximum Gasteiger partial charge on any atom is 0.193 e. The van der Waals surface area contributed by atoms with E-state index in [2.05, 4.69) is 15.9 Å². The fourth-order valence-electron chi connectivity index (χ4n) is 1.80. The van der Waals surface area contributed by atoms with Gasteiger partial charge in [0.25, 0.3) is 0 Å². The Morgan fingerprint density at radius 1 is 1.11 bits per heavy atom. The molecule has 3 heteroatoms. The molecule has 0 saturated heterocycles. The molecule has 18 heavy (non-hydrogen) atoms. The van der Waals surface area contributed by atoms with Crippen LogP contribution in [0.25, 0.3) is 0 Å². The third-order valence-corrected chi connectivity index (χ3v) is 3.59. The van der Waals surface area contributed by atoms with Gasteiger partial charge < -0.3 is 5.73 Å². The van der Waals surface area contributed by atoms with Gasteiger partial charge in [-0.2, -0.15) is 0 Å². The van der Waals surface area contributed by atoms with Crippen molar-refractivity contribution in [2.24, 2.45) is 0 Å². The summed E-state index contributed by atoms with van der Waals surface area (Å²) < 4.78 is 0.749. The van der Waals surface area contributed by atoms with Gasteiger partial charge in [0.1, 0.15) is 0 Å². The number of aryl methyl sites for hydroxylation is 2. The minimum atomic E-state index is 0.0249. The number of halogens is 1. The zero-order valence-corrected chi connectivity index (χ0v) is 11.9. The highest BCUT2D eigenvalue weighted by Gasteiger charge is 2.12. The predicted octanol–water partition coefficient (Wildman–Crippen LogP) is 3.88. The van der Waals surface area contributed by atoms with Gasteiger partial charge >= 0.3 is 0 Å². The molecule has 0 unspecified atom stereocenters. The van der Waals surface area contributed by atoms with Crippen LogP contribution in [-0.2, 0) is 0 Å². The molecule has 0 saturated carbocycles.